The number of para-hydroxylation sites is 1. The van der Waals surface area contributed by atoms with Gasteiger partial charge in [-0.1, -0.05) is 71.8 Å². The molecule has 0 aliphatic carbocycles. The number of sulfonamides is 2. The van der Waals surface area contributed by atoms with Crippen molar-refractivity contribution in [3.8, 4) is 28.8 Å². The third-order valence-electron chi connectivity index (χ3n) is 7.81. The summed E-state index contributed by atoms with van der Waals surface area (Å²) in [6.07, 6.45) is 0. The molecule has 1 heterocycles. The molecular formula is C36H31CrN9NaO9S2. The van der Waals surface area contributed by atoms with E-state index in [-0.39, 0.29) is 85.4 Å². The Kier molecular flexibility index (Phi) is 16.2. The standard InChI is InChI=1S/C19H18N4O5S.C17H17N5O4S.Cr.Na/c1-11(24)21-14-5-3-4-12-6-8-17(26)19(18(12)14)23-22-15-10-13(7-9-16(15)25)29(27,28)20-2;1-11-16(17(24)22(21-11)12-6-4-3-5-7-12)20-19-14-10-13(8-9-15(14)23)27(25,26)18-2;;/h3-10,20,25-26H,1-2H3,(H,21,24);3-10,18,23-24H,1-2H3;;/q;;+3;+1/p-4. The van der Waals surface area contributed by atoms with E-state index in [9.17, 15) is 42.1 Å². The van der Waals surface area contributed by atoms with Crippen LogP contribution in [-0.2, 0) is 42.2 Å². The van der Waals surface area contributed by atoms with Gasteiger partial charge in [-0.25, -0.2) is 31.0 Å². The summed E-state index contributed by atoms with van der Waals surface area (Å²) < 4.78 is 53.1. The Bertz CT molecular complexity index is 2730. The van der Waals surface area contributed by atoms with Gasteiger partial charge in [0.2, 0.25) is 26.0 Å². The number of anilines is 1. The average Bonchev–Trinajstić information content (AvgIpc) is 3.46. The maximum atomic E-state index is 12.5. The SMILES string of the molecule is CNS(=O)(=O)c1ccc([O-])c(N=Nc2c(C)nn(-c3ccccc3)c2[O-])c1.CNS(=O)(=O)c1ccc([O-])c(N=Nc2c([O-])ccc3cccc(NC(C)=O)c23)c1.[Cr+3].[Na+]. The molecule has 1 aromatic heterocycles. The maximum Gasteiger partial charge on any atom is 3.00 e. The van der Waals surface area contributed by atoms with Gasteiger partial charge < -0.3 is 25.7 Å². The third-order valence-corrected chi connectivity index (χ3v) is 10.6. The summed E-state index contributed by atoms with van der Waals surface area (Å²) >= 11 is 0. The van der Waals surface area contributed by atoms with E-state index in [4.69, 9.17) is 0 Å². The molecule has 0 spiro atoms. The Morgan fingerprint density at radius 1 is 0.672 bits per heavy atom. The van der Waals surface area contributed by atoms with E-state index in [1.54, 1.807) is 55.5 Å². The number of nitrogens with one attached hydrogen (secondary N) is 3. The average molecular weight is 873 g/mol. The number of benzene rings is 5. The first-order valence-electron chi connectivity index (χ1n) is 16.2. The van der Waals surface area contributed by atoms with Crippen molar-refractivity contribution >= 4 is 65.2 Å². The second-order valence-electron chi connectivity index (χ2n) is 11.6. The van der Waals surface area contributed by atoms with Gasteiger partial charge in [0.05, 0.1) is 43.9 Å². The maximum absolute atomic E-state index is 12.5. The van der Waals surface area contributed by atoms with Crippen LogP contribution in [0.1, 0.15) is 12.6 Å². The minimum atomic E-state index is -3.78. The zero-order valence-corrected chi connectivity index (χ0v) is 36.2. The molecule has 1 amide bonds. The van der Waals surface area contributed by atoms with Crippen molar-refractivity contribution in [3.63, 3.8) is 0 Å². The van der Waals surface area contributed by atoms with Gasteiger partial charge in [-0.2, -0.15) is 20.4 Å². The van der Waals surface area contributed by atoms with E-state index in [1.165, 1.54) is 37.8 Å². The molecule has 0 fully saturated rings. The molecule has 0 saturated carbocycles. The van der Waals surface area contributed by atoms with Crippen molar-refractivity contribution in [2.24, 2.45) is 20.5 Å². The second kappa shape index (κ2) is 20.0. The van der Waals surface area contributed by atoms with Crippen molar-refractivity contribution in [2.75, 3.05) is 19.4 Å². The quantitative estimate of drug-likeness (QED) is 0.129. The third kappa shape index (κ3) is 10.8. The number of aryl methyl sites for hydroxylation is 1. The number of aromatic nitrogens is 2. The van der Waals surface area contributed by atoms with Gasteiger partial charge in [0, 0.05) is 18.2 Å². The summed E-state index contributed by atoms with van der Waals surface area (Å²) in [6.45, 7) is 2.92. The molecule has 0 atom stereocenters. The number of rotatable bonds is 10. The van der Waals surface area contributed by atoms with Crippen molar-refractivity contribution in [1.29, 1.82) is 0 Å². The molecule has 293 valence electrons. The predicted molar refractivity (Wildman–Crippen MR) is 198 cm³/mol. The molecule has 22 heteroatoms. The molecule has 58 heavy (non-hydrogen) atoms. The summed E-state index contributed by atoms with van der Waals surface area (Å²) in [5.74, 6) is -2.36. The molecule has 5 aromatic carbocycles. The fourth-order valence-electron chi connectivity index (χ4n) is 5.02. The first kappa shape index (κ1) is 47.2. The van der Waals surface area contributed by atoms with Crippen LogP contribution in [0.2, 0.25) is 0 Å². The van der Waals surface area contributed by atoms with Crippen LogP contribution in [0.15, 0.2) is 127 Å². The molecule has 0 unspecified atom stereocenters. The molecule has 1 radical (unpaired) electrons. The number of hydrogen-bond donors (Lipinski definition) is 3. The molecule has 3 N–H and O–H groups in total. The number of hydrogen-bond acceptors (Lipinski definition) is 14. The fourth-order valence-corrected chi connectivity index (χ4v) is 6.52. The normalized spacial score (nSPS) is 11.4. The van der Waals surface area contributed by atoms with E-state index in [2.05, 4.69) is 40.3 Å². The molecular weight excluding hydrogens is 842 g/mol. The van der Waals surface area contributed by atoms with Crippen molar-refractivity contribution in [2.45, 2.75) is 23.6 Å². The zero-order chi connectivity index (χ0) is 40.8. The van der Waals surface area contributed by atoms with E-state index in [0.29, 0.717) is 27.8 Å². The van der Waals surface area contributed by atoms with Crippen LogP contribution in [0.5, 0.6) is 23.1 Å². The van der Waals surface area contributed by atoms with Gasteiger partial charge in [0.25, 0.3) is 0 Å². The number of carbonyl (C=O) groups excluding carboxylic acids is 1. The number of fused-ring (bicyclic) bond motifs is 1. The zero-order valence-electron chi connectivity index (χ0n) is 31.3. The van der Waals surface area contributed by atoms with Crippen LogP contribution in [0.25, 0.3) is 16.5 Å². The van der Waals surface area contributed by atoms with Gasteiger partial charge in [0.1, 0.15) is 5.69 Å². The minimum Gasteiger partial charge on any atom is -0.871 e. The molecule has 6 aromatic rings. The summed E-state index contributed by atoms with van der Waals surface area (Å²) in [5, 5.41) is 72.1. The Labute approximate surface area is 365 Å². The largest absolute Gasteiger partial charge is 3.00 e. The molecule has 0 saturated heterocycles. The molecule has 6 rings (SSSR count). The van der Waals surface area contributed by atoms with E-state index in [1.807, 2.05) is 6.07 Å². The number of carbonyl (C=O) groups is 1. The van der Waals surface area contributed by atoms with Crippen molar-refractivity contribution < 1.29 is 89.0 Å². The van der Waals surface area contributed by atoms with E-state index < -0.39 is 43.2 Å². The van der Waals surface area contributed by atoms with E-state index >= 15 is 0 Å². The molecule has 0 aliphatic heterocycles. The van der Waals surface area contributed by atoms with Gasteiger partial charge >= 0.3 is 46.9 Å². The van der Waals surface area contributed by atoms with Gasteiger partial charge in [-0.05, 0) is 68.9 Å². The van der Waals surface area contributed by atoms with Crippen LogP contribution in [0.3, 0.4) is 0 Å². The topological polar surface area (TPSA) is 281 Å². The van der Waals surface area contributed by atoms with Crippen molar-refractivity contribution in [1.82, 2.24) is 19.2 Å². The van der Waals surface area contributed by atoms with Crippen LogP contribution in [-0.4, -0.2) is 46.6 Å². The van der Waals surface area contributed by atoms with Crippen LogP contribution >= 0.6 is 0 Å². The Hall–Kier alpha value is -5.21. The summed E-state index contributed by atoms with van der Waals surface area (Å²) in [4.78, 5) is 11.2. The molecule has 0 bridgehead atoms. The van der Waals surface area contributed by atoms with Gasteiger partial charge in [-0.3, -0.25) is 4.79 Å². The van der Waals surface area contributed by atoms with Crippen LogP contribution < -0.4 is 64.7 Å². The first-order chi connectivity index (χ1) is 26.6. The van der Waals surface area contributed by atoms with E-state index in [0.717, 1.165) is 30.3 Å². The number of nitrogens with zero attached hydrogens (tertiary/aromatic N) is 6. The van der Waals surface area contributed by atoms with Gasteiger partial charge in [-0.15, -0.1) is 5.11 Å². The fraction of sp³-hybridized carbons (Fsp3) is 0.111. The molecule has 18 nitrogen and oxygen atoms in total. The Balaban J connectivity index is 0.000000301. The summed E-state index contributed by atoms with van der Waals surface area (Å²) in [5.41, 5.74) is 0.730. The van der Waals surface area contributed by atoms with Crippen LogP contribution in [0.4, 0.5) is 28.4 Å². The van der Waals surface area contributed by atoms with Crippen LogP contribution in [0, 0.1) is 6.92 Å². The number of amides is 1. The summed E-state index contributed by atoms with van der Waals surface area (Å²) in [6, 6.07) is 23.4. The minimum absolute atomic E-state index is 0. The predicted octanol–water partition coefficient (Wildman–Crippen LogP) is 0.922. The second-order valence-corrected chi connectivity index (χ2v) is 15.3. The number of azo groups is 2. The Morgan fingerprint density at radius 3 is 1.71 bits per heavy atom. The molecule has 0 aliphatic rings. The smallest absolute Gasteiger partial charge is 0.871 e. The Morgan fingerprint density at radius 2 is 1.19 bits per heavy atom. The van der Waals surface area contributed by atoms with Gasteiger partial charge in [0.15, 0.2) is 0 Å². The van der Waals surface area contributed by atoms with Crippen molar-refractivity contribution in [3.05, 3.63) is 103 Å². The first-order valence-corrected chi connectivity index (χ1v) is 19.2. The summed E-state index contributed by atoms with van der Waals surface area (Å²) in [7, 11) is -5.02. The monoisotopic (exact) mass is 872 g/mol.